The van der Waals surface area contributed by atoms with Crippen LogP contribution in [0.3, 0.4) is 0 Å². The SMILES string of the molecule is Cc1c(Br)ccc(OP(=O)(O)O)c1C. The molecule has 1 rings (SSSR count). The summed E-state index contributed by atoms with van der Waals surface area (Å²) in [7, 11) is -4.46. The van der Waals surface area contributed by atoms with Crippen LogP contribution in [0.5, 0.6) is 5.75 Å². The lowest BCUT2D eigenvalue weighted by atomic mass is 10.1. The molecular weight excluding hydrogens is 271 g/mol. The fourth-order valence-corrected chi connectivity index (χ4v) is 1.87. The maximum Gasteiger partial charge on any atom is 0.524 e. The normalized spacial score (nSPS) is 11.5. The molecule has 0 heterocycles. The number of benzene rings is 1. The van der Waals surface area contributed by atoms with Crippen LogP contribution in [-0.2, 0) is 4.57 Å². The van der Waals surface area contributed by atoms with E-state index in [-0.39, 0.29) is 5.75 Å². The third-order valence-corrected chi connectivity index (χ3v) is 3.18. The van der Waals surface area contributed by atoms with Crippen LogP contribution in [0.15, 0.2) is 16.6 Å². The first kappa shape index (κ1) is 11.7. The number of rotatable bonds is 2. The summed E-state index contributed by atoms with van der Waals surface area (Å²) in [5, 5.41) is 0. The van der Waals surface area contributed by atoms with Gasteiger partial charge in [-0.05, 0) is 37.1 Å². The van der Waals surface area contributed by atoms with Gasteiger partial charge in [-0.25, -0.2) is 4.57 Å². The molecule has 0 aliphatic rings. The van der Waals surface area contributed by atoms with Gasteiger partial charge in [0, 0.05) is 4.47 Å². The van der Waals surface area contributed by atoms with Gasteiger partial charge in [0.2, 0.25) is 0 Å². The van der Waals surface area contributed by atoms with E-state index in [1.807, 2.05) is 6.92 Å². The summed E-state index contributed by atoms with van der Waals surface area (Å²) in [6.07, 6.45) is 0. The highest BCUT2D eigenvalue weighted by molar-refractivity contribution is 9.10. The Hall–Kier alpha value is -0.350. The van der Waals surface area contributed by atoms with Crippen molar-refractivity contribution in [1.82, 2.24) is 0 Å². The lowest BCUT2D eigenvalue weighted by Crippen LogP contribution is -1.94. The van der Waals surface area contributed by atoms with Crippen LogP contribution in [0.2, 0.25) is 0 Å². The quantitative estimate of drug-likeness (QED) is 0.817. The molecule has 1 aromatic rings. The van der Waals surface area contributed by atoms with Gasteiger partial charge in [-0.15, -0.1) is 0 Å². The van der Waals surface area contributed by atoms with Crippen molar-refractivity contribution in [3.8, 4) is 5.75 Å². The highest BCUT2D eigenvalue weighted by Crippen LogP contribution is 2.40. The Morgan fingerprint density at radius 3 is 2.36 bits per heavy atom. The van der Waals surface area contributed by atoms with Crippen LogP contribution in [0.25, 0.3) is 0 Å². The van der Waals surface area contributed by atoms with Gasteiger partial charge >= 0.3 is 7.82 Å². The van der Waals surface area contributed by atoms with Crippen molar-refractivity contribution in [3.63, 3.8) is 0 Å². The Morgan fingerprint density at radius 2 is 1.86 bits per heavy atom. The second kappa shape index (κ2) is 4.03. The van der Waals surface area contributed by atoms with E-state index >= 15 is 0 Å². The highest BCUT2D eigenvalue weighted by Gasteiger charge is 2.18. The minimum Gasteiger partial charge on any atom is -0.404 e. The molecule has 0 atom stereocenters. The highest BCUT2D eigenvalue weighted by atomic mass is 79.9. The Bertz CT molecular complexity index is 399. The Balaban J connectivity index is 3.12. The summed E-state index contributed by atoms with van der Waals surface area (Å²) in [6, 6.07) is 3.21. The van der Waals surface area contributed by atoms with E-state index < -0.39 is 7.82 Å². The summed E-state index contributed by atoms with van der Waals surface area (Å²) >= 11 is 3.31. The standard InChI is InChI=1S/C8H10BrO4P/c1-5-6(2)8(4-3-7(5)9)13-14(10,11)12/h3-4H,1-2H3,(H2,10,11,12). The second-order valence-electron chi connectivity index (χ2n) is 2.88. The summed E-state index contributed by atoms with van der Waals surface area (Å²) in [6.45, 7) is 3.58. The first-order valence-corrected chi connectivity index (χ1v) is 6.14. The molecular formula is C8H10BrO4P. The van der Waals surface area contributed by atoms with Crippen molar-refractivity contribution in [1.29, 1.82) is 0 Å². The third-order valence-electron chi connectivity index (χ3n) is 1.89. The van der Waals surface area contributed by atoms with Crippen LogP contribution < -0.4 is 4.52 Å². The Kier molecular flexibility index (Phi) is 3.37. The maximum absolute atomic E-state index is 10.6. The van der Waals surface area contributed by atoms with Gasteiger partial charge in [0.15, 0.2) is 0 Å². The van der Waals surface area contributed by atoms with Gasteiger partial charge in [-0.1, -0.05) is 15.9 Å². The molecule has 4 nitrogen and oxygen atoms in total. The molecule has 14 heavy (non-hydrogen) atoms. The monoisotopic (exact) mass is 280 g/mol. The van der Waals surface area contributed by atoms with Gasteiger partial charge < -0.3 is 4.52 Å². The molecule has 0 unspecified atom stereocenters. The molecule has 0 amide bonds. The van der Waals surface area contributed by atoms with Gasteiger partial charge in [0.1, 0.15) is 5.75 Å². The van der Waals surface area contributed by atoms with Gasteiger partial charge in [-0.2, -0.15) is 0 Å². The second-order valence-corrected chi connectivity index (χ2v) is 4.90. The molecule has 0 saturated carbocycles. The largest absolute Gasteiger partial charge is 0.524 e. The van der Waals surface area contributed by atoms with Crippen molar-refractivity contribution in [3.05, 3.63) is 27.7 Å². The Labute approximate surface area is 90.3 Å². The van der Waals surface area contributed by atoms with Crippen molar-refractivity contribution in [2.24, 2.45) is 0 Å². The smallest absolute Gasteiger partial charge is 0.404 e. The van der Waals surface area contributed by atoms with E-state index in [4.69, 9.17) is 9.79 Å². The van der Waals surface area contributed by atoms with E-state index in [9.17, 15) is 4.57 Å². The summed E-state index contributed by atoms with van der Waals surface area (Å²) in [4.78, 5) is 17.3. The molecule has 0 saturated heterocycles. The first-order chi connectivity index (χ1) is 6.31. The predicted octanol–water partition coefficient (Wildman–Crippen LogP) is 2.54. The fourth-order valence-electron chi connectivity index (χ4n) is 0.990. The molecule has 0 aliphatic carbocycles. The number of hydrogen-bond donors (Lipinski definition) is 2. The average molecular weight is 281 g/mol. The molecule has 0 bridgehead atoms. The number of halogens is 1. The molecule has 0 fully saturated rings. The summed E-state index contributed by atoms with van der Waals surface area (Å²) in [5.41, 5.74) is 1.61. The zero-order chi connectivity index (χ0) is 10.9. The number of phosphoric acid groups is 1. The van der Waals surface area contributed by atoms with E-state index in [1.165, 1.54) is 6.07 Å². The lowest BCUT2D eigenvalue weighted by Gasteiger charge is -2.12. The van der Waals surface area contributed by atoms with Crippen molar-refractivity contribution >= 4 is 23.8 Å². The third kappa shape index (κ3) is 2.82. The molecule has 0 aliphatic heterocycles. The average Bonchev–Trinajstić information content (AvgIpc) is 2.04. The fraction of sp³-hybridized carbons (Fsp3) is 0.250. The van der Waals surface area contributed by atoms with E-state index in [0.717, 1.165) is 10.0 Å². The molecule has 78 valence electrons. The van der Waals surface area contributed by atoms with Crippen LogP contribution in [-0.4, -0.2) is 9.79 Å². The maximum atomic E-state index is 10.6. The van der Waals surface area contributed by atoms with Gasteiger partial charge in [-0.3, -0.25) is 9.79 Å². The van der Waals surface area contributed by atoms with E-state index in [0.29, 0.717) is 5.56 Å². The van der Waals surface area contributed by atoms with Gasteiger partial charge in [0.25, 0.3) is 0 Å². The first-order valence-electron chi connectivity index (χ1n) is 3.82. The van der Waals surface area contributed by atoms with Gasteiger partial charge in [0.05, 0.1) is 0 Å². The van der Waals surface area contributed by atoms with E-state index in [1.54, 1.807) is 13.0 Å². The van der Waals surface area contributed by atoms with Crippen molar-refractivity contribution in [2.45, 2.75) is 13.8 Å². The minimum absolute atomic E-state index is 0.207. The molecule has 6 heteroatoms. The van der Waals surface area contributed by atoms with Crippen LogP contribution >= 0.6 is 23.8 Å². The summed E-state index contributed by atoms with van der Waals surface area (Å²) in [5.74, 6) is 0.207. The summed E-state index contributed by atoms with van der Waals surface area (Å²) < 4.78 is 16.0. The van der Waals surface area contributed by atoms with Crippen LogP contribution in [0.1, 0.15) is 11.1 Å². The van der Waals surface area contributed by atoms with Crippen molar-refractivity contribution < 1.29 is 18.9 Å². The molecule has 1 aromatic carbocycles. The molecule has 2 N–H and O–H groups in total. The zero-order valence-corrected chi connectivity index (χ0v) is 10.2. The topological polar surface area (TPSA) is 66.8 Å². The number of phosphoric ester groups is 1. The van der Waals surface area contributed by atoms with E-state index in [2.05, 4.69) is 20.5 Å². The predicted molar refractivity (Wildman–Crippen MR) is 56.3 cm³/mol. The van der Waals surface area contributed by atoms with Crippen LogP contribution in [0.4, 0.5) is 0 Å². The molecule has 0 radical (unpaired) electrons. The Morgan fingerprint density at radius 1 is 1.29 bits per heavy atom. The minimum atomic E-state index is -4.46. The zero-order valence-electron chi connectivity index (χ0n) is 7.69. The lowest BCUT2D eigenvalue weighted by molar-refractivity contribution is 0.282. The molecule has 0 aromatic heterocycles. The van der Waals surface area contributed by atoms with Crippen LogP contribution in [0, 0.1) is 13.8 Å². The van der Waals surface area contributed by atoms with Crippen molar-refractivity contribution in [2.75, 3.05) is 0 Å². The molecule has 0 spiro atoms. The number of hydrogen-bond acceptors (Lipinski definition) is 2.